The minimum atomic E-state index is 0.139. The Labute approximate surface area is 102 Å². The summed E-state index contributed by atoms with van der Waals surface area (Å²) in [5, 5.41) is 3.41. The first kappa shape index (κ1) is 12.1. The van der Waals surface area contributed by atoms with E-state index in [-0.39, 0.29) is 6.10 Å². The van der Waals surface area contributed by atoms with E-state index in [1.54, 1.807) is 6.33 Å². The molecular weight excluding hydrogens is 216 g/mol. The van der Waals surface area contributed by atoms with Crippen LogP contribution in [0.5, 0.6) is 5.88 Å². The summed E-state index contributed by atoms with van der Waals surface area (Å²) >= 11 is 0. The molecule has 1 atom stereocenters. The van der Waals surface area contributed by atoms with E-state index in [4.69, 9.17) is 4.74 Å². The fraction of sp³-hybridized carbons (Fsp3) is 0.667. The molecule has 1 aromatic heterocycles. The van der Waals surface area contributed by atoms with Crippen molar-refractivity contribution in [3.05, 3.63) is 12.4 Å². The van der Waals surface area contributed by atoms with Crippen molar-refractivity contribution in [1.82, 2.24) is 15.3 Å². The number of nitrogens with zero attached hydrogens (tertiary/aromatic N) is 3. The van der Waals surface area contributed by atoms with Crippen LogP contribution in [0.4, 0.5) is 5.82 Å². The molecule has 0 aromatic carbocycles. The van der Waals surface area contributed by atoms with Crippen molar-refractivity contribution in [1.29, 1.82) is 0 Å². The molecule has 1 fully saturated rings. The quantitative estimate of drug-likeness (QED) is 0.850. The largest absolute Gasteiger partial charge is 0.475 e. The Bertz CT molecular complexity index is 369. The second-order valence-corrected chi connectivity index (χ2v) is 4.68. The van der Waals surface area contributed by atoms with Crippen molar-refractivity contribution in [2.75, 3.05) is 24.5 Å². The summed E-state index contributed by atoms with van der Waals surface area (Å²) in [4.78, 5) is 10.7. The van der Waals surface area contributed by atoms with Crippen LogP contribution in [-0.4, -0.2) is 41.7 Å². The molecule has 0 bridgehead atoms. The number of aromatic nitrogens is 2. The maximum Gasteiger partial charge on any atom is 0.218 e. The molecular formula is C12H20N4O. The highest BCUT2D eigenvalue weighted by molar-refractivity contribution is 5.41. The van der Waals surface area contributed by atoms with Crippen LogP contribution in [0.2, 0.25) is 0 Å². The summed E-state index contributed by atoms with van der Waals surface area (Å²) in [6, 6.07) is 2.41. The molecule has 1 aromatic rings. The molecule has 1 saturated heterocycles. The van der Waals surface area contributed by atoms with Gasteiger partial charge in [0.05, 0.1) is 6.10 Å². The van der Waals surface area contributed by atoms with Crippen LogP contribution in [0, 0.1) is 0 Å². The second-order valence-electron chi connectivity index (χ2n) is 4.68. The molecule has 94 valence electrons. The van der Waals surface area contributed by atoms with E-state index in [9.17, 15) is 0 Å². The molecule has 2 heterocycles. The number of rotatable bonds is 3. The average molecular weight is 236 g/mol. The predicted molar refractivity (Wildman–Crippen MR) is 67.5 cm³/mol. The van der Waals surface area contributed by atoms with Crippen molar-refractivity contribution in [3.63, 3.8) is 0 Å². The topological polar surface area (TPSA) is 50.3 Å². The van der Waals surface area contributed by atoms with Crippen LogP contribution < -0.4 is 15.0 Å². The van der Waals surface area contributed by atoms with Gasteiger partial charge in [-0.15, -0.1) is 0 Å². The lowest BCUT2D eigenvalue weighted by Gasteiger charge is -2.32. The third kappa shape index (κ3) is 3.30. The summed E-state index contributed by atoms with van der Waals surface area (Å²) in [5.74, 6) is 1.60. The lowest BCUT2D eigenvalue weighted by atomic mass is 10.2. The van der Waals surface area contributed by atoms with Gasteiger partial charge in [-0.3, -0.25) is 0 Å². The second kappa shape index (κ2) is 5.31. The molecule has 1 aliphatic heterocycles. The highest BCUT2D eigenvalue weighted by Gasteiger charge is 2.17. The monoisotopic (exact) mass is 236 g/mol. The first-order valence-electron chi connectivity index (χ1n) is 6.12. The number of anilines is 1. The Hall–Kier alpha value is -1.36. The number of hydrogen-bond donors (Lipinski definition) is 1. The molecule has 0 radical (unpaired) electrons. The molecule has 5 nitrogen and oxygen atoms in total. The molecule has 1 N–H and O–H groups in total. The van der Waals surface area contributed by atoms with Crippen molar-refractivity contribution < 1.29 is 4.74 Å². The number of ether oxygens (including phenoxy) is 1. The normalized spacial score (nSPS) is 20.7. The smallest absolute Gasteiger partial charge is 0.218 e. The number of nitrogens with one attached hydrogen (secondary N) is 1. The highest BCUT2D eigenvalue weighted by atomic mass is 16.5. The molecule has 2 rings (SSSR count). The Morgan fingerprint density at radius 1 is 1.47 bits per heavy atom. The van der Waals surface area contributed by atoms with Gasteiger partial charge < -0.3 is 15.0 Å². The van der Waals surface area contributed by atoms with Crippen LogP contribution in [0.25, 0.3) is 0 Å². The summed E-state index contributed by atoms with van der Waals surface area (Å²) < 4.78 is 5.58. The van der Waals surface area contributed by atoms with Crippen LogP contribution in [0.15, 0.2) is 12.4 Å². The van der Waals surface area contributed by atoms with Crippen LogP contribution >= 0.6 is 0 Å². The number of piperazine rings is 1. The van der Waals surface area contributed by atoms with E-state index in [0.717, 1.165) is 25.5 Å². The minimum absolute atomic E-state index is 0.139. The minimum Gasteiger partial charge on any atom is -0.475 e. The van der Waals surface area contributed by atoms with Crippen molar-refractivity contribution >= 4 is 5.82 Å². The van der Waals surface area contributed by atoms with Gasteiger partial charge in [0.1, 0.15) is 12.1 Å². The first-order valence-corrected chi connectivity index (χ1v) is 6.12. The average Bonchev–Trinajstić information content (AvgIpc) is 2.28. The van der Waals surface area contributed by atoms with Gasteiger partial charge in [0, 0.05) is 31.7 Å². The molecule has 17 heavy (non-hydrogen) atoms. The highest BCUT2D eigenvalue weighted by Crippen LogP contribution is 2.17. The van der Waals surface area contributed by atoms with Gasteiger partial charge in [-0.2, -0.15) is 0 Å². The number of hydrogen-bond acceptors (Lipinski definition) is 5. The zero-order valence-electron chi connectivity index (χ0n) is 10.7. The molecule has 0 saturated carbocycles. The van der Waals surface area contributed by atoms with E-state index >= 15 is 0 Å². The van der Waals surface area contributed by atoms with E-state index in [2.05, 4.69) is 27.1 Å². The lowest BCUT2D eigenvalue weighted by Crippen LogP contribution is -2.49. The molecule has 5 heteroatoms. The molecule has 1 aliphatic rings. The van der Waals surface area contributed by atoms with E-state index in [0.29, 0.717) is 11.9 Å². The Morgan fingerprint density at radius 2 is 2.29 bits per heavy atom. The predicted octanol–water partition coefficient (Wildman–Crippen LogP) is 1.06. The summed E-state index contributed by atoms with van der Waals surface area (Å²) in [7, 11) is 0. The summed E-state index contributed by atoms with van der Waals surface area (Å²) in [6.07, 6.45) is 1.71. The molecule has 0 spiro atoms. The van der Waals surface area contributed by atoms with Gasteiger partial charge in [0.25, 0.3) is 0 Å². The Kier molecular flexibility index (Phi) is 3.78. The van der Waals surface area contributed by atoms with E-state index < -0.39 is 0 Å². The van der Waals surface area contributed by atoms with Gasteiger partial charge in [-0.05, 0) is 20.8 Å². The maximum absolute atomic E-state index is 5.58. The Morgan fingerprint density at radius 3 is 3.00 bits per heavy atom. The standard InChI is InChI=1S/C12H20N4O/c1-9(2)17-12-6-11(14-8-15-12)16-5-4-13-10(3)7-16/h6,8-10,13H,4-5,7H2,1-3H3/t10-/m1/s1. The molecule has 0 aliphatic carbocycles. The van der Waals surface area contributed by atoms with E-state index in [1.165, 1.54) is 0 Å². The van der Waals surface area contributed by atoms with Crippen LogP contribution in [0.1, 0.15) is 20.8 Å². The Balaban J connectivity index is 2.09. The van der Waals surface area contributed by atoms with Gasteiger partial charge >= 0.3 is 0 Å². The summed E-state index contributed by atoms with van der Waals surface area (Å²) in [5.41, 5.74) is 0. The van der Waals surface area contributed by atoms with Crippen LogP contribution in [-0.2, 0) is 0 Å². The van der Waals surface area contributed by atoms with Crippen molar-refractivity contribution in [2.45, 2.75) is 32.9 Å². The third-order valence-corrected chi connectivity index (χ3v) is 2.68. The van der Waals surface area contributed by atoms with E-state index in [1.807, 2.05) is 19.9 Å². The molecule has 0 amide bonds. The fourth-order valence-electron chi connectivity index (χ4n) is 1.95. The van der Waals surface area contributed by atoms with Gasteiger partial charge in [-0.25, -0.2) is 9.97 Å². The third-order valence-electron chi connectivity index (χ3n) is 2.68. The zero-order valence-corrected chi connectivity index (χ0v) is 10.7. The fourth-order valence-corrected chi connectivity index (χ4v) is 1.95. The van der Waals surface area contributed by atoms with Crippen molar-refractivity contribution in [3.8, 4) is 5.88 Å². The van der Waals surface area contributed by atoms with Gasteiger partial charge in [-0.1, -0.05) is 0 Å². The first-order chi connectivity index (χ1) is 8.15. The molecule has 0 unspecified atom stereocenters. The zero-order chi connectivity index (χ0) is 12.3. The van der Waals surface area contributed by atoms with Crippen LogP contribution in [0.3, 0.4) is 0 Å². The lowest BCUT2D eigenvalue weighted by molar-refractivity contribution is 0.232. The van der Waals surface area contributed by atoms with Gasteiger partial charge in [0.15, 0.2) is 0 Å². The maximum atomic E-state index is 5.58. The van der Waals surface area contributed by atoms with Crippen molar-refractivity contribution in [2.24, 2.45) is 0 Å². The van der Waals surface area contributed by atoms with Gasteiger partial charge in [0.2, 0.25) is 5.88 Å². The SMILES string of the molecule is CC(C)Oc1cc(N2CCN[C@H](C)C2)ncn1. The summed E-state index contributed by atoms with van der Waals surface area (Å²) in [6.45, 7) is 9.11.